The maximum absolute atomic E-state index is 9.27. The van der Waals surface area contributed by atoms with Crippen molar-refractivity contribution >= 4 is 17.2 Å². The van der Waals surface area contributed by atoms with Crippen LogP contribution < -0.4 is 5.73 Å². The number of aliphatic hydroxyl groups excluding tert-OH is 1. The molecule has 0 unspecified atom stereocenters. The average Bonchev–Trinajstić information content (AvgIpc) is 2.42. The van der Waals surface area contributed by atoms with Crippen LogP contribution in [0, 0.1) is 6.92 Å². The largest absolute Gasteiger partial charge is 0.395 e. The normalized spacial score (nSPS) is 11.3. The molecule has 3 nitrogen and oxygen atoms in total. The van der Waals surface area contributed by atoms with Crippen LogP contribution in [-0.2, 0) is 6.54 Å². The Morgan fingerprint density at radius 2 is 2.00 bits per heavy atom. The number of aliphatic hydroxyl groups is 1. The molecule has 0 aliphatic carbocycles. The molecule has 0 aliphatic heterocycles. The molecule has 0 saturated heterocycles. The quantitative estimate of drug-likeness (QED) is 0.724. The fourth-order valence-electron chi connectivity index (χ4n) is 2.57. The summed E-state index contributed by atoms with van der Waals surface area (Å²) >= 11 is 5.01. The summed E-state index contributed by atoms with van der Waals surface area (Å²) in [4.78, 5) is 2.79. The Morgan fingerprint density at radius 1 is 1.35 bits per heavy atom. The van der Waals surface area contributed by atoms with Gasteiger partial charge in [-0.1, -0.05) is 38.2 Å². The number of thiocarbonyl (C=S) groups is 1. The zero-order valence-electron chi connectivity index (χ0n) is 12.7. The van der Waals surface area contributed by atoms with E-state index in [0.717, 1.165) is 24.9 Å². The van der Waals surface area contributed by atoms with Crippen molar-refractivity contribution in [3.05, 3.63) is 34.9 Å². The van der Waals surface area contributed by atoms with E-state index in [0.29, 0.717) is 17.6 Å². The number of nitrogens with two attached hydrogens (primary N) is 1. The van der Waals surface area contributed by atoms with Crippen LogP contribution in [-0.4, -0.2) is 34.2 Å². The van der Waals surface area contributed by atoms with Crippen LogP contribution in [0.3, 0.4) is 0 Å². The molecule has 1 aromatic rings. The van der Waals surface area contributed by atoms with E-state index in [1.807, 2.05) is 12.1 Å². The summed E-state index contributed by atoms with van der Waals surface area (Å²) in [6, 6.07) is 6.63. The van der Waals surface area contributed by atoms with Gasteiger partial charge in [0.05, 0.1) is 6.61 Å². The SMILES string of the molecule is CCC(CC)N(CCO)Cc1ccc(C(N)=S)cc1C. The predicted molar refractivity (Wildman–Crippen MR) is 88.9 cm³/mol. The van der Waals surface area contributed by atoms with Crippen LogP contribution in [0.1, 0.15) is 43.4 Å². The standard InChI is InChI=1S/C16H26N2OS/c1-4-15(5-2)18(8-9-19)11-14-7-6-13(16(17)20)10-12(14)3/h6-7,10,15,19H,4-5,8-9,11H2,1-3H3,(H2,17,20). The average molecular weight is 294 g/mol. The summed E-state index contributed by atoms with van der Waals surface area (Å²) in [6.45, 7) is 8.24. The van der Waals surface area contributed by atoms with Crippen molar-refractivity contribution in [1.82, 2.24) is 4.90 Å². The highest BCUT2D eigenvalue weighted by Gasteiger charge is 2.16. The third kappa shape index (κ3) is 4.54. The first-order valence-electron chi connectivity index (χ1n) is 7.27. The third-order valence-electron chi connectivity index (χ3n) is 3.85. The number of rotatable bonds is 8. The first kappa shape index (κ1) is 17.1. The predicted octanol–water partition coefficient (Wildman–Crippen LogP) is 2.61. The zero-order valence-corrected chi connectivity index (χ0v) is 13.5. The molecule has 0 aliphatic rings. The van der Waals surface area contributed by atoms with Crippen molar-refractivity contribution in [2.45, 2.75) is 46.2 Å². The van der Waals surface area contributed by atoms with Crippen LogP contribution in [0.5, 0.6) is 0 Å². The highest BCUT2D eigenvalue weighted by Crippen LogP contribution is 2.17. The number of aryl methyl sites for hydroxylation is 1. The van der Waals surface area contributed by atoms with Gasteiger partial charge in [-0.05, 0) is 37.0 Å². The van der Waals surface area contributed by atoms with Gasteiger partial charge in [0.2, 0.25) is 0 Å². The second-order valence-corrected chi connectivity index (χ2v) is 5.61. The molecule has 4 heteroatoms. The summed E-state index contributed by atoms with van der Waals surface area (Å²) < 4.78 is 0. The van der Waals surface area contributed by atoms with Gasteiger partial charge in [-0.25, -0.2) is 0 Å². The van der Waals surface area contributed by atoms with Gasteiger partial charge >= 0.3 is 0 Å². The van der Waals surface area contributed by atoms with E-state index in [4.69, 9.17) is 18.0 Å². The van der Waals surface area contributed by atoms with Crippen molar-refractivity contribution in [2.24, 2.45) is 5.73 Å². The van der Waals surface area contributed by atoms with Crippen molar-refractivity contribution in [3.63, 3.8) is 0 Å². The van der Waals surface area contributed by atoms with Crippen molar-refractivity contribution < 1.29 is 5.11 Å². The van der Waals surface area contributed by atoms with Crippen molar-refractivity contribution in [2.75, 3.05) is 13.2 Å². The molecule has 0 radical (unpaired) electrons. The second-order valence-electron chi connectivity index (χ2n) is 5.17. The van der Waals surface area contributed by atoms with Crippen molar-refractivity contribution in [3.8, 4) is 0 Å². The Labute approximate surface area is 127 Å². The summed E-state index contributed by atoms with van der Waals surface area (Å²) in [5.41, 5.74) is 9.04. The molecule has 0 atom stereocenters. The van der Waals surface area contributed by atoms with E-state index in [1.165, 1.54) is 11.1 Å². The molecule has 0 heterocycles. The molecule has 1 aromatic carbocycles. The lowest BCUT2D eigenvalue weighted by atomic mass is 10.0. The van der Waals surface area contributed by atoms with Gasteiger partial charge in [0, 0.05) is 24.7 Å². The zero-order chi connectivity index (χ0) is 15.1. The number of nitrogens with zero attached hydrogens (tertiary/aromatic N) is 1. The van der Waals surface area contributed by atoms with Crippen molar-refractivity contribution in [1.29, 1.82) is 0 Å². The molecule has 0 fully saturated rings. The minimum Gasteiger partial charge on any atom is -0.395 e. The topological polar surface area (TPSA) is 49.5 Å². The fraction of sp³-hybridized carbons (Fsp3) is 0.562. The molecule has 112 valence electrons. The number of benzene rings is 1. The molecule has 1 rings (SSSR count). The third-order valence-corrected chi connectivity index (χ3v) is 4.08. The Balaban J connectivity index is 2.90. The van der Waals surface area contributed by atoms with E-state index in [2.05, 4.69) is 31.7 Å². The molecule has 20 heavy (non-hydrogen) atoms. The minimum atomic E-state index is 0.195. The van der Waals surface area contributed by atoms with Crippen LogP contribution in [0.4, 0.5) is 0 Å². The van der Waals surface area contributed by atoms with Crippen LogP contribution >= 0.6 is 12.2 Å². The highest BCUT2D eigenvalue weighted by molar-refractivity contribution is 7.80. The van der Waals surface area contributed by atoms with Gasteiger partial charge in [0.15, 0.2) is 0 Å². The summed E-state index contributed by atoms with van der Waals surface area (Å²) in [7, 11) is 0. The maximum atomic E-state index is 9.27. The molecule has 3 N–H and O–H groups in total. The van der Waals surface area contributed by atoms with Crippen LogP contribution in [0.15, 0.2) is 18.2 Å². The van der Waals surface area contributed by atoms with E-state index in [-0.39, 0.29) is 6.61 Å². The molecule has 0 amide bonds. The van der Waals surface area contributed by atoms with E-state index in [1.54, 1.807) is 0 Å². The lowest BCUT2D eigenvalue weighted by Crippen LogP contribution is -2.36. The highest BCUT2D eigenvalue weighted by atomic mass is 32.1. The van der Waals surface area contributed by atoms with E-state index < -0.39 is 0 Å². The molecular formula is C16H26N2OS. The summed E-state index contributed by atoms with van der Waals surface area (Å²) in [6.07, 6.45) is 2.20. The minimum absolute atomic E-state index is 0.195. The molecule has 0 aromatic heterocycles. The number of hydrogen-bond acceptors (Lipinski definition) is 3. The monoisotopic (exact) mass is 294 g/mol. The molecular weight excluding hydrogens is 268 g/mol. The Kier molecular flexibility index (Phi) is 7.13. The van der Waals surface area contributed by atoms with Gasteiger partial charge in [0.1, 0.15) is 4.99 Å². The van der Waals surface area contributed by atoms with Gasteiger partial charge in [-0.2, -0.15) is 0 Å². The first-order valence-corrected chi connectivity index (χ1v) is 7.68. The lowest BCUT2D eigenvalue weighted by Gasteiger charge is -2.30. The Morgan fingerprint density at radius 3 is 2.45 bits per heavy atom. The molecule has 0 saturated carbocycles. The van der Waals surface area contributed by atoms with Crippen LogP contribution in [0.2, 0.25) is 0 Å². The molecule has 0 bridgehead atoms. The van der Waals surface area contributed by atoms with Gasteiger partial charge in [-0.3, -0.25) is 4.90 Å². The van der Waals surface area contributed by atoms with Crippen LogP contribution in [0.25, 0.3) is 0 Å². The van der Waals surface area contributed by atoms with E-state index >= 15 is 0 Å². The van der Waals surface area contributed by atoms with Gasteiger partial charge < -0.3 is 10.8 Å². The number of hydrogen-bond donors (Lipinski definition) is 2. The van der Waals surface area contributed by atoms with Gasteiger partial charge in [-0.15, -0.1) is 0 Å². The summed E-state index contributed by atoms with van der Waals surface area (Å²) in [5.74, 6) is 0. The smallest absolute Gasteiger partial charge is 0.103 e. The lowest BCUT2D eigenvalue weighted by molar-refractivity contribution is 0.136. The van der Waals surface area contributed by atoms with E-state index in [9.17, 15) is 5.11 Å². The first-order chi connectivity index (χ1) is 9.53. The Bertz CT molecular complexity index is 444. The summed E-state index contributed by atoms with van der Waals surface area (Å²) in [5, 5.41) is 9.27. The second kappa shape index (κ2) is 8.35. The van der Waals surface area contributed by atoms with Gasteiger partial charge in [0.25, 0.3) is 0 Å². The molecule has 0 spiro atoms. The fourth-order valence-corrected chi connectivity index (χ4v) is 2.70. The Hall–Kier alpha value is -0.970. The maximum Gasteiger partial charge on any atom is 0.103 e.